The number of rotatable bonds is 14. The van der Waals surface area contributed by atoms with Gasteiger partial charge in [0.05, 0.1) is 17.1 Å². The number of ether oxygens (including phenoxy) is 1. The molecule has 6 aliphatic heterocycles. The van der Waals surface area contributed by atoms with Crippen molar-refractivity contribution in [1.82, 2.24) is 0 Å². The quantitative estimate of drug-likeness (QED) is 0.0781. The first kappa shape index (κ1) is 75.5. The third kappa shape index (κ3) is 11.7. The van der Waals surface area contributed by atoms with Gasteiger partial charge >= 0.3 is 0 Å². The van der Waals surface area contributed by atoms with Crippen molar-refractivity contribution >= 4 is 206 Å². The number of hydrogen-bond donors (Lipinski definition) is 0. The van der Waals surface area contributed by atoms with Crippen LogP contribution in [0.25, 0.3) is 0 Å². The third-order valence-electron chi connectivity index (χ3n) is 25.4. The molecule has 0 aliphatic carbocycles. The van der Waals surface area contributed by atoms with Crippen LogP contribution in [0.3, 0.4) is 0 Å². The summed E-state index contributed by atoms with van der Waals surface area (Å²) in [4.78, 5) is 14.4. The van der Waals surface area contributed by atoms with Crippen LogP contribution in [0.1, 0.15) is 0 Å². The molecule has 128 heavy (non-hydrogen) atoms. The van der Waals surface area contributed by atoms with Crippen LogP contribution >= 0.6 is 0 Å². The second kappa shape index (κ2) is 29.8. The van der Waals surface area contributed by atoms with Gasteiger partial charge < -0.3 is 43.9 Å². The average Bonchev–Trinajstić information content (AvgIpc) is 0.691. The summed E-state index contributed by atoms with van der Waals surface area (Å²) in [6.07, 6.45) is 0. The van der Waals surface area contributed by atoms with Crippen LogP contribution in [0.4, 0.5) is 172 Å². The molecule has 0 bridgehead atoms. The van der Waals surface area contributed by atoms with Gasteiger partial charge in [-0.25, -0.2) is 35.1 Å². The Morgan fingerprint density at radius 3 is 0.773 bits per heavy atom. The summed E-state index contributed by atoms with van der Waals surface area (Å²) in [7, 11) is 0. The van der Waals surface area contributed by atoms with Crippen LogP contribution in [0.5, 0.6) is 11.5 Å². The molecule has 0 amide bonds. The van der Waals surface area contributed by atoms with E-state index in [-0.39, 0.29) is 34.1 Å². The van der Waals surface area contributed by atoms with E-state index in [1.807, 2.05) is 301 Å². The Morgan fingerprint density at radius 2 is 0.438 bits per heavy atom. The van der Waals surface area contributed by atoms with Crippen molar-refractivity contribution in [3.05, 3.63) is 441 Å². The SMILES string of the molecule is Fc1cccc(F)c1N1c2cc3c(cc2B2c4ccccc4Oc4cc(N(c5ccccc5)c5ccccc5)cc1c42)B1c2cc4c(cc2N(c2c(F)cccc2F)c2cc(N(c5ccccc5)c5ccccc5)cc(c21)N3c1c(F)cccc1F)N(c1c(F)cccc1F)c1cc(N(c2ccccc2)c2ccccc2)cc2c1B4c1ccccc1N2c1ccccc1. The molecule has 20 heteroatoms. The molecular weight excluding hydrogens is 1610 g/mol. The normalized spacial score (nSPS) is 13.1. The topological polar surface area (TPSA) is 35.2 Å². The van der Waals surface area contributed by atoms with Gasteiger partial charge in [0.2, 0.25) is 0 Å². The van der Waals surface area contributed by atoms with E-state index >= 15 is 35.1 Å². The summed E-state index contributed by atoms with van der Waals surface area (Å²) in [6.45, 7) is -2.89. The van der Waals surface area contributed by atoms with Gasteiger partial charge in [-0.1, -0.05) is 200 Å². The minimum absolute atomic E-state index is 0.126. The average molecular weight is 1680 g/mol. The lowest BCUT2D eigenvalue weighted by atomic mass is 9.29. The van der Waals surface area contributed by atoms with E-state index in [9.17, 15) is 0 Å². The molecule has 9 nitrogen and oxygen atoms in total. The molecule has 18 aromatic carbocycles. The molecule has 0 N–H and O–H groups in total. The van der Waals surface area contributed by atoms with E-state index in [1.54, 1.807) is 21.9 Å². The maximum Gasteiger partial charge on any atom is 0.256 e. The van der Waals surface area contributed by atoms with Gasteiger partial charge in [-0.05, 0) is 237 Å². The van der Waals surface area contributed by atoms with Gasteiger partial charge in [-0.3, -0.25) is 0 Å². The maximum atomic E-state index is 18.7. The molecule has 6 aliphatic rings. The Bertz CT molecular complexity index is 7360. The van der Waals surface area contributed by atoms with Crippen LogP contribution < -0.4 is 93.1 Å². The number of nitrogens with zero attached hydrogens (tertiary/aromatic N) is 8. The van der Waals surface area contributed by atoms with Crippen molar-refractivity contribution in [1.29, 1.82) is 0 Å². The number of halogens is 8. The molecule has 24 rings (SSSR count). The summed E-state index contributed by atoms with van der Waals surface area (Å²) in [6, 6.07) is 117. The summed E-state index contributed by atoms with van der Waals surface area (Å²) in [5.41, 5.74) is 12.1. The first-order valence-electron chi connectivity index (χ1n) is 42.2. The van der Waals surface area contributed by atoms with Crippen molar-refractivity contribution in [2.75, 3.05) is 39.2 Å². The zero-order valence-electron chi connectivity index (χ0n) is 67.8. The standard InChI is InChI=1S/C108H65B3F8N8O/c112-82-46-26-47-83(113)105(82)124-91-64-93-80(62-78(91)109-76-44-22-24-54-90(76)123(72-42-20-7-21-43-72)95-56-73(57-96(124)102(95)109)120(66-30-8-1-9-31-66)67-32-10-2-11-33-67)111-81-63-79-92(127(108-88(118)52-29-53-89(108)119)99-60-75(61-101-104(99)110(79)77-45-23-25-55-100(77)128-101)122(70-38-16-5-17-39-70)71-40-18-6-19-41-71)65-94(81)126(107-86(116)50-28-51-87(107)117)98-59-74(121(68-34-12-3-13-35-68)69-36-14-4-15-37-69)58-97(103(98)111)125(93)106-84(114)48-27-49-85(106)115/h1-65H. The Labute approximate surface area is 732 Å². The number of para-hydroxylation sites is 13. The molecule has 0 saturated heterocycles. The third-order valence-corrected chi connectivity index (χ3v) is 25.4. The molecule has 0 aromatic heterocycles. The fraction of sp³-hybridized carbons (Fsp3) is 0. The lowest BCUT2D eigenvalue weighted by Gasteiger charge is -2.48. The van der Waals surface area contributed by atoms with Crippen molar-refractivity contribution < 1.29 is 39.9 Å². The highest BCUT2D eigenvalue weighted by Gasteiger charge is 2.53. The van der Waals surface area contributed by atoms with Gasteiger partial charge in [-0.15, -0.1) is 0 Å². The summed E-state index contributed by atoms with van der Waals surface area (Å²) in [5, 5.41) is 0. The first-order valence-corrected chi connectivity index (χ1v) is 42.2. The van der Waals surface area contributed by atoms with Gasteiger partial charge in [0, 0.05) is 103 Å². The van der Waals surface area contributed by atoms with Crippen LogP contribution in [0, 0.1) is 46.5 Å². The number of benzene rings is 18. The largest absolute Gasteiger partial charge is 0.458 e. The van der Waals surface area contributed by atoms with E-state index in [0.717, 1.165) is 63.9 Å². The van der Waals surface area contributed by atoms with Gasteiger partial charge in [0.1, 0.15) is 80.8 Å². The van der Waals surface area contributed by atoms with Crippen LogP contribution in [-0.2, 0) is 0 Å². The predicted octanol–water partition coefficient (Wildman–Crippen LogP) is 23.8. The molecule has 0 unspecified atom stereocenters. The first-order chi connectivity index (χ1) is 62.9. The van der Waals surface area contributed by atoms with E-state index in [4.69, 9.17) is 4.74 Å². The number of hydrogen-bond acceptors (Lipinski definition) is 9. The molecule has 6 heterocycles. The van der Waals surface area contributed by atoms with Gasteiger partial charge in [0.25, 0.3) is 20.1 Å². The van der Waals surface area contributed by atoms with Crippen molar-refractivity contribution in [2.45, 2.75) is 0 Å². The summed E-state index contributed by atoms with van der Waals surface area (Å²) >= 11 is 0. The van der Waals surface area contributed by atoms with E-state index < -0.39 is 89.4 Å². The summed E-state index contributed by atoms with van der Waals surface area (Å²) in [5.74, 6) is -6.97. The highest BCUT2D eigenvalue weighted by molar-refractivity contribution is 7.04. The van der Waals surface area contributed by atoms with Crippen molar-refractivity contribution in [2.24, 2.45) is 0 Å². The number of anilines is 24. The van der Waals surface area contributed by atoms with Crippen LogP contribution in [0.2, 0.25) is 0 Å². The lowest BCUT2D eigenvalue weighted by Crippen LogP contribution is -2.66. The second-order valence-electron chi connectivity index (χ2n) is 32.4. The van der Waals surface area contributed by atoms with Gasteiger partial charge in [-0.2, -0.15) is 0 Å². The van der Waals surface area contributed by atoms with E-state index in [1.165, 1.54) is 58.3 Å². The van der Waals surface area contributed by atoms with Crippen LogP contribution in [0.15, 0.2) is 394 Å². The molecule has 0 atom stereocenters. The predicted molar refractivity (Wildman–Crippen MR) is 504 cm³/mol. The smallest absolute Gasteiger partial charge is 0.256 e. The zero-order valence-corrected chi connectivity index (χ0v) is 67.8. The Morgan fingerprint density at radius 1 is 0.180 bits per heavy atom. The van der Waals surface area contributed by atoms with Crippen LogP contribution in [-0.4, -0.2) is 20.1 Å². The Hall–Kier alpha value is -16.2. The molecular formula is C108H65B3F8N8O. The fourth-order valence-corrected chi connectivity index (χ4v) is 20.4. The highest BCUT2D eigenvalue weighted by Crippen LogP contribution is 2.56. The molecule has 0 fully saturated rings. The van der Waals surface area contributed by atoms with Crippen molar-refractivity contribution in [3.63, 3.8) is 0 Å². The zero-order chi connectivity index (χ0) is 85.8. The second-order valence-corrected chi connectivity index (χ2v) is 32.4. The molecule has 0 saturated carbocycles. The Kier molecular flexibility index (Phi) is 17.6. The summed E-state index contributed by atoms with van der Waals surface area (Å²) < 4.78 is 156. The highest BCUT2D eigenvalue weighted by atomic mass is 19.2. The molecule has 0 spiro atoms. The Balaban J connectivity index is 0.865. The molecule has 18 aromatic rings. The fourth-order valence-electron chi connectivity index (χ4n) is 20.4. The minimum Gasteiger partial charge on any atom is -0.458 e. The lowest BCUT2D eigenvalue weighted by molar-refractivity contribution is 0.487. The van der Waals surface area contributed by atoms with E-state index in [0.29, 0.717) is 101 Å². The van der Waals surface area contributed by atoms with Crippen molar-refractivity contribution in [3.8, 4) is 11.5 Å². The van der Waals surface area contributed by atoms with E-state index in [2.05, 4.69) is 28.0 Å². The monoisotopic (exact) mass is 1670 g/mol. The van der Waals surface area contributed by atoms with Gasteiger partial charge in [0.15, 0.2) is 0 Å². The molecule has 608 valence electrons. The minimum atomic E-state index is -1.19. The molecule has 0 radical (unpaired) electrons. The maximum absolute atomic E-state index is 18.7. The number of fused-ring (bicyclic) bond motifs is 12.